The molecule has 0 fully saturated rings. The van der Waals surface area contributed by atoms with Crippen molar-refractivity contribution in [3.05, 3.63) is 42.5 Å². The number of rotatable bonds is 1. The molecule has 0 unspecified atom stereocenters. The molecule has 0 aromatic carbocycles. The van der Waals surface area contributed by atoms with Crippen molar-refractivity contribution in [2.75, 3.05) is 0 Å². The first-order valence-corrected chi connectivity index (χ1v) is 7.89. The first-order valence-electron chi connectivity index (χ1n) is 5.02. The zero-order valence-electron chi connectivity index (χ0n) is 9.46. The van der Waals surface area contributed by atoms with Crippen molar-refractivity contribution in [2.45, 2.75) is 27.7 Å². The van der Waals surface area contributed by atoms with Crippen LogP contribution < -0.4 is 0 Å². The lowest BCUT2D eigenvalue weighted by Crippen LogP contribution is -2.02. The molecule has 0 amide bonds. The van der Waals surface area contributed by atoms with Crippen molar-refractivity contribution in [1.29, 1.82) is 0 Å². The summed E-state index contributed by atoms with van der Waals surface area (Å²) in [6.07, 6.45) is 0. The molecule has 0 aliphatic carbocycles. The fourth-order valence-corrected chi connectivity index (χ4v) is 5.65. The molecule has 0 saturated carbocycles. The molecule has 3 heteroatoms. The smallest absolute Gasteiger partial charge is 0.0901 e. The third kappa shape index (κ3) is 1.81. The van der Waals surface area contributed by atoms with E-state index in [1.54, 1.807) is 10.4 Å². The average molecular weight is 293 g/mol. The first kappa shape index (κ1) is 11.4. The van der Waals surface area contributed by atoms with Crippen molar-refractivity contribution < 1.29 is 0 Å². The van der Waals surface area contributed by atoms with Crippen molar-refractivity contribution in [3.63, 3.8) is 0 Å². The molecule has 0 bridgehead atoms. The highest BCUT2D eigenvalue weighted by Gasteiger charge is 2.24. The van der Waals surface area contributed by atoms with Gasteiger partial charge in [-0.3, -0.25) is 0 Å². The third-order valence-electron chi connectivity index (χ3n) is 3.15. The molecule has 76 valence electrons. The van der Waals surface area contributed by atoms with E-state index in [0.29, 0.717) is 0 Å². The molecule has 15 heavy (non-hydrogen) atoms. The maximum atomic E-state index is 3.68. The summed E-state index contributed by atoms with van der Waals surface area (Å²) in [5.41, 5.74) is 8.28. The predicted molar refractivity (Wildman–Crippen MR) is 72.3 cm³/mol. The largest absolute Gasteiger partial charge is 0.131 e. The van der Waals surface area contributed by atoms with E-state index in [2.05, 4.69) is 49.3 Å². The standard InChI is InChI=1S/C12H13BrSi2/c1-6-5-14-10(7(6)2)11-8(3)9(4)12(13)15-11/h5H,1-4H3. The van der Waals surface area contributed by atoms with Crippen molar-refractivity contribution in [1.82, 2.24) is 0 Å². The maximum Gasteiger partial charge on any atom is 0.131 e. The Balaban J connectivity index is 2.39. The summed E-state index contributed by atoms with van der Waals surface area (Å²) in [5.74, 6) is 0. The van der Waals surface area contributed by atoms with Crippen LogP contribution in [0.5, 0.6) is 0 Å². The summed E-state index contributed by atoms with van der Waals surface area (Å²) in [4.78, 5) is 0. The molecule has 0 nitrogen and oxygen atoms in total. The third-order valence-corrected chi connectivity index (χ3v) is 7.55. The Kier molecular flexibility index (Phi) is 3.06. The van der Waals surface area contributed by atoms with Gasteiger partial charge in [-0.1, -0.05) is 37.6 Å². The lowest BCUT2D eigenvalue weighted by atomic mass is 10.1. The molecule has 0 N–H and O–H groups in total. The minimum atomic E-state index is 0.835. The highest BCUT2D eigenvalue weighted by atomic mass is 79.9. The maximum absolute atomic E-state index is 3.68. The molecule has 2 rings (SSSR count). The monoisotopic (exact) mass is 292 g/mol. The molecular weight excluding hydrogens is 280 g/mol. The highest BCUT2D eigenvalue weighted by molar-refractivity contribution is 9.12. The topological polar surface area (TPSA) is 0 Å². The molecule has 0 saturated heterocycles. The van der Waals surface area contributed by atoms with Crippen molar-refractivity contribution in [3.8, 4) is 0 Å². The summed E-state index contributed by atoms with van der Waals surface area (Å²) in [5, 5.41) is 3.18. The fourth-order valence-electron chi connectivity index (χ4n) is 1.75. The van der Waals surface area contributed by atoms with Gasteiger partial charge < -0.3 is 0 Å². The van der Waals surface area contributed by atoms with E-state index in [-0.39, 0.29) is 0 Å². The van der Waals surface area contributed by atoms with Gasteiger partial charge in [-0.25, -0.2) is 0 Å². The van der Waals surface area contributed by atoms with E-state index in [1.165, 1.54) is 26.4 Å². The van der Waals surface area contributed by atoms with E-state index in [4.69, 9.17) is 0 Å². The Hall–Kier alpha value is -0.126. The van der Waals surface area contributed by atoms with Gasteiger partial charge in [-0.15, -0.1) is 0 Å². The Bertz CT molecular complexity index is 450. The van der Waals surface area contributed by atoms with E-state index < -0.39 is 0 Å². The van der Waals surface area contributed by atoms with Crippen LogP contribution in [-0.2, 0) is 0 Å². The van der Waals surface area contributed by atoms with Gasteiger partial charge in [0.1, 0.15) is 19.0 Å². The van der Waals surface area contributed by atoms with Crippen LogP contribution in [-0.4, -0.2) is 19.0 Å². The second kappa shape index (κ2) is 4.03. The Morgan fingerprint density at radius 2 is 1.60 bits per heavy atom. The van der Waals surface area contributed by atoms with Crippen LogP contribution in [0.25, 0.3) is 0 Å². The molecule has 0 spiro atoms. The van der Waals surface area contributed by atoms with E-state index in [9.17, 15) is 0 Å². The van der Waals surface area contributed by atoms with Crippen LogP contribution in [0.1, 0.15) is 27.7 Å². The summed E-state index contributed by atoms with van der Waals surface area (Å²) in [6, 6.07) is 0. The van der Waals surface area contributed by atoms with Gasteiger partial charge in [0.25, 0.3) is 0 Å². The van der Waals surface area contributed by atoms with Crippen molar-refractivity contribution >= 4 is 35.0 Å². The Morgan fingerprint density at radius 1 is 0.933 bits per heavy atom. The quantitative estimate of drug-likeness (QED) is 0.649. The Morgan fingerprint density at radius 3 is 2.00 bits per heavy atom. The minimum absolute atomic E-state index is 0.835. The lowest BCUT2D eigenvalue weighted by molar-refractivity contribution is 1.32. The van der Waals surface area contributed by atoms with Crippen LogP contribution in [0.3, 0.4) is 0 Å². The van der Waals surface area contributed by atoms with Crippen LogP contribution in [0.15, 0.2) is 42.5 Å². The average Bonchev–Trinajstić information content (AvgIpc) is 2.64. The van der Waals surface area contributed by atoms with E-state index >= 15 is 0 Å². The van der Waals surface area contributed by atoms with Gasteiger partial charge in [0.05, 0.1) is 0 Å². The Labute approximate surface area is 105 Å². The second-order valence-electron chi connectivity index (χ2n) is 4.04. The molecule has 0 atom stereocenters. The molecule has 2 heterocycles. The second-order valence-corrected chi connectivity index (χ2v) is 7.89. The molecule has 0 aromatic rings. The predicted octanol–water partition coefficient (Wildman–Crippen LogP) is 3.50. The fraction of sp³-hybridized carbons (Fsp3) is 0.333. The summed E-state index contributed by atoms with van der Waals surface area (Å²) < 4.78 is 1.39. The van der Waals surface area contributed by atoms with E-state index in [1.807, 2.05) is 0 Å². The number of allylic oxidation sites excluding steroid dienone is 6. The summed E-state index contributed by atoms with van der Waals surface area (Å²) in [7, 11) is 1.71. The van der Waals surface area contributed by atoms with Gasteiger partial charge >= 0.3 is 0 Å². The normalized spacial score (nSPS) is 22.1. The van der Waals surface area contributed by atoms with Gasteiger partial charge in [-0.05, 0) is 48.5 Å². The van der Waals surface area contributed by atoms with Gasteiger partial charge in [0, 0.05) is 0 Å². The number of halogens is 1. The van der Waals surface area contributed by atoms with Gasteiger partial charge in [-0.2, -0.15) is 0 Å². The molecule has 0 aromatic heterocycles. The SMILES string of the molecule is CC1=C[Si]C(C2=C(C)C(C)=C(Br)[Si]2)=C1C. The molecule has 2 aliphatic rings. The number of hydrogen-bond acceptors (Lipinski definition) is 0. The van der Waals surface area contributed by atoms with Crippen LogP contribution in [0.2, 0.25) is 0 Å². The zero-order valence-corrected chi connectivity index (χ0v) is 13.0. The van der Waals surface area contributed by atoms with Gasteiger partial charge in [0.15, 0.2) is 0 Å². The number of hydrogen-bond donors (Lipinski definition) is 0. The molecular formula is C12H13BrSi2. The lowest BCUT2D eigenvalue weighted by Gasteiger charge is -2.08. The first-order chi connectivity index (χ1) is 7.02. The summed E-state index contributed by atoms with van der Waals surface area (Å²) in [6.45, 7) is 8.95. The summed E-state index contributed by atoms with van der Waals surface area (Å²) >= 11 is 3.68. The minimum Gasteiger partial charge on any atom is -0.0901 e. The van der Waals surface area contributed by atoms with Crippen LogP contribution in [0, 0.1) is 0 Å². The van der Waals surface area contributed by atoms with E-state index in [0.717, 1.165) is 19.0 Å². The highest BCUT2D eigenvalue weighted by Crippen LogP contribution is 2.36. The van der Waals surface area contributed by atoms with Crippen LogP contribution >= 0.6 is 15.9 Å². The van der Waals surface area contributed by atoms with Crippen molar-refractivity contribution in [2.24, 2.45) is 0 Å². The zero-order chi connectivity index (χ0) is 11.2. The van der Waals surface area contributed by atoms with Gasteiger partial charge in [0.2, 0.25) is 0 Å². The molecule has 2 aliphatic heterocycles. The molecule has 4 radical (unpaired) electrons. The van der Waals surface area contributed by atoms with Crippen LogP contribution in [0.4, 0.5) is 0 Å².